The van der Waals surface area contributed by atoms with Crippen LogP contribution in [0.25, 0.3) is 0 Å². The van der Waals surface area contributed by atoms with Crippen LogP contribution in [0.5, 0.6) is 0 Å². The van der Waals surface area contributed by atoms with Crippen molar-refractivity contribution in [3.8, 4) is 0 Å². The summed E-state index contributed by atoms with van der Waals surface area (Å²) in [5.74, 6) is -2.39. The number of carboxylic acid groups (broad SMARTS) is 1. The first-order valence-corrected chi connectivity index (χ1v) is 6.83. The topological polar surface area (TPSA) is 94.9 Å². The zero-order chi connectivity index (χ0) is 14.4. The third kappa shape index (κ3) is 2.11. The van der Waals surface area contributed by atoms with Gasteiger partial charge in [0.05, 0.1) is 13.1 Å². The molecule has 1 saturated heterocycles. The molecule has 19 heavy (non-hydrogen) atoms. The predicted molar refractivity (Wildman–Crippen MR) is 62.5 cm³/mol. The fourth-order valence-corrected chi connectivity index (χ4v) is 3.73. The van der Waals surface area contributed by atoms with Gasteiger partial charge >= 0.3 is 5.97 Å². The maximum atomic E-state index is 13.6. The van der Waals surface area contributed by atoms with Crippen molar-refractivity contribution in [2.45, 2.75) is 17.4 Å². The first-order chi connectivity index (χ1) is 8.68. The van der Waals surface area contributed by atoms with Gasteiger partial charge in [-0.1, -0.05) is 12.1 Å². The molecule has 0 spiro atoms. The van der Waals surface area contributed by atoms with Gasteiger partial charge in [0.1, 0.15) is 10.7 Å². The van der Waals surface area contributed by atoms with Crippen molar-refractivity contribution in [2.24, 2.45) is 0 Å². The molecule has 1 aliphatic rings. The molecule has 1 aromatic carbocycles. The van der Waals surface area contributed by atoms with Gasteiger partial charge in [-0.25, -0.2) is 17.6 Å². The molecule has 6 nitrogen and oxygen atoms in total. The highest BCUT2D eigenvalue weighted by atomic mass is 32.2. The number of nitrogens with zero attached hydrogens (tertiary/aromatic N) is 1. The van der Waals surface area contributed by atoms with Crippen LogP contribution in [0.2, 0.25) is 0 Å². The smallest absolute Gasteiger partial charge is 0.338 e. The number of hydrogen-bond acceptors (Lipinski definition) is 4. The number of sulfonamides is 1. The summed E-state index contributed by atoms with van der Waals surface area (Å²) in [6, 6.07) is 3.84. The minimum atomic E-state index is -4.13. The summed E-state index contributed by atoms with van der Waals surface area (Å²) in [6.45, 7) is 0.274. The number of aliphatic carboxylic acids is 1. The van der Waals surface area contributed by atoms with Crippen LogP contribution in [-0.4, -0.2) is 47.6 Å². The SMILES string of the molecule is Cc1cccc(F)c1S(=O)(=O)N1CC(O)(C(=O)O)C1. The molecule has 0 bridgehead atoms. The van der Waals surface area contributed by atoms with Gasteiger partial charge in [0.25, 0.3) is 0 Å². The van der Waals surface area contributed by atoms with Gasteiger partial charge < -0.3 is 10.2 Å². The average Bonchev–Trinajstić information content (AvgIpc) is 2.23. The number of hydrogen-bond donors (Lipinski definition) is 2. The molecule has 2 rings (SSSR count). The molecule has 0 atom stereocenters. The largest absolute Gasteiger partial charge is 0.479 e. The van der Waals surface area contributed by atoms with Gasteiger partial charge in [0.2, 0.25) is 10.0 Å². The Morgan fingerprint density at radius 1 is 1.42 bits per heavy atom. The highest BCUT2D eigenvalue weighted by molar-refractivity contribution is 7.89. The van der Waals surface area contributed by atoms with Gasteiger partial charge in [0.15, 0.2) is 5.60 Å². The molecule has 0 unspecified atom stereocenters. The van der Waals surface area contributed by atoms with E-state index in [1.807, 2.05) is 0 Å². The van der Waals surface area contributed by atoms with Crippen LogP contribution in [0.3, 0.4) is 0 Å². The summed E-state index contributed by atoms with van der Waals surface area (Å²) in [5, 5.41) is 18.2. The highest BCUT2D eigenvalue weighted by Gasteiger charge is 2.53. The van der Waals surface area contributed by atoms with Crippen molar-refractivity contribution < 1.29 is 27.8 Å². The average molecular weight is 289 g/mol. The quantitative estimate of drug-likeness (QED) is 0.814. The zero-order valence-electron chi connectivity index (χ0n) is 10.00. The molecule has 1 aliphatic heterocycles. The van der Waals surface area contributed by atoms with Crippen LogP contribution >= 0.6 is 0 Å². The third-order valence-electron chi connectivity index (χ3n) is 3.04. The third-order valence-corrected chi connectivity index (χ3v) is 5.01. The van der Waals surface area contributed by atoms with E-state index in [4.69, 9.17) is 5.11 Å². The maximum absolute atomic E-state index is 13.6. The van der Waals surface area contributed by atoms with Crippen LogP contribution < -0.4 is 0 Å². The number of halogens is 1. The second-order valence-corrected chi connectivity index (χ2v) is 6.37. The summed E-state index contributed by atoms with van der Waals surface area (Å²) in [4.78, 5) is 10.2. The van der Waals surface area contributed by atoms with E-state index in [1.54, 1.807) is 0 Å². The van der Waals surface area contributed by atoms with Gasteiger partial charge in [0, 0.05) is 0 Å². The first-order valence-electron chi connectivity index (χ1n) is 5.39. The number of rotatable bonds is 3. The van der Waals surface area contributed by atoms with Crippen LogP contribution in [0.15, 0.2) is 23.1 Å². The minimum absolute atomic E-state index is 0.228. The Bertz CT molecular complexity index is 616. The number of aryl methyl sites for hydroxylation is 1. The fourth-order valence-electron chi connectivity index (χ4n) is 1.91. The highest BCUT2D eigenvalue weighted by Crippen LogP contribution is 2.30. The molecule has 1 fully saturated rings. The summed E-state index contributed by atoms with van der Waals surface area (Å²) >= 11 is 0. The Balaban J connectivity index is 2.34. The second-order valence-electron chi connectivity index (χ2n) is 4.50. The van der Waals surface area contributed by atoms with Crippen molar-refractivity contribution in [1.29, 1.82) is 0 Å². The van der Waals surface area contributed by atoms with Gasteiger partial charge in [-0.3, -0.25) is 0 Å². The number of aliphatic hydroxyl groups is 1. The van der Waals surface area contributed by atoms with E-state index in [2.05, 4.69) is 0 Å². The van der Waals surface area contributed by atoms with Gasteiger partial charge in [-0.05, 0) is 18.6 Å². The Morgan fingerprint density at radius 2 is 2.00 bits per heavy atom. The Kier molecular flexibility index (Phi) is 3.12. The Hall–Kier alpha value is -1.51. The van der Waals surface area contributed by atoms with Crippen molar-refractivity contribution in [2.75, 3.05) is 13.1 Å². The van der Waals surface area contributed by atoms with Crippen molar-refractivity contribution in [3.05, 3.63) is 29.6 Å². The Labute approximate surface area is 109 Å². The number of benzene rings is 1. The second kappa shape index (κ2) is 4.26. The molecular weight excluding hydrogens is 277 g/mol. The van der Waals surface area contributed by atoms with Crippen LogP contribution in [-0.2, 0) is 14.8 Å². The summed E-state index contributed by atoms with van der Waals surface area (Å²) < 4.78 is 38.7. The molecular formula is C11H12FNO5S. The van der Waals surface area contributed by atoms with Crippen LogP contribution in [0.1, 0.15) is 5.56 Å². The number of carbonyl (C=O) groups is 1. The van der Waals surface area contributed by atoms with E-state index in [0.29, 0.717) is 0 Å². The first kappa shape index (κ1) is 13.9. The van der Waals surface area contributed by atoms with Crippen LogP contribution in [0.4, 0.5) is 4.39 Å². The molecule has 0 saturated carbocycles. The zero-order valence-corrected chi connectivity index (χ0v) is 10.8. The van der Waals surface area contributed by atoms with E-state index in [9.17, 15) is 22.7 Å². The van der Waals surface area contributed by atoms with Crippen molar-refractivity contribution in [1.82, 2.24) is 4.31 Å². The summed E-state index contributed by atoms with van der Waals surface area (Å²) in [5.41, 5.74) is -1.86. The molecule has 0 radical (unpaired) electrons. The molecule has 1 aromatic rings. The molecule has 0 aliphatic carbocycles. The van der Waals surface area contributed by atoms with Crippen LogP contribution in [0, 0.1) is 12.7 Å². The summed E-state index contributed by atoms with van der Waals surface area (Å²) in [7, 11) is -4.13. The van der Waals surface area contributed by atoms with E-state index in [0.717, 1.165) is 10.4 Å². The number of carboxylic acids is 1. The maximum Gasteiger partial charge on any atom is 0.338 e. The van der Waals surface area contributed by atoms with Gasteiger partial charge in [-0.15, -0.1) is 0 Å². The Morgan fingerprint density at radius 3 is 2.47 bits per heavy atom. The normalized spacial score (nSPS) is 18.9. The molecule has 2 N–H and O–H groups in total. The van der Waals surface area contributed by atoms with Crippen molar-refractivity contribution in [3.63, 3.8) is 0 Å². The van der Waals surface area contributed by atoms with E-state index < -0.39 is 45.4 Å². The molecule has 1 heterocycles. The monoisotopic (exact) mass is 289 g/mol. The van der Waals surface area contributed by atoms with Crippen molar-refractivity contribution >= 4 is 16.0 Å². The molecule has 0 aromatic heterocycles. The molecule has 0 amide bonds. The standard InChI is InChI=1S/C11H12FNO5S/c1-7-3-2-4-8(12)9(7)19(17,18)13-5-11(16,6-13)10(14)15/h2-4,16H,5-6H2,1H3,(H,14,15). The number of β-amino-alcohol motifs (C(OH)–C–C–N with tert-alkyl or cyclic N) is 1. The lowest BCUT2D eigenvalue weighted by molar-refractivity contribution is -0.170. The summed E-state index contributed by atoms with van der Waals surface area (Å²) in [6.07, 6.45) is 0. The van der Waals surface area contributed by atoms with E-state index in [-0.39, 0.29) is 5.56 Å². The van der Waals surface area contributed by atoms with Gasteiger partial charge in [-0.2, -0.15) is 4.31 Å². The molecule has 8 heteroatoms. The predicted octanol–water partition coefficient (Wildman–Crippen LogP) is -0.0459. The fraction of sp³-hybridized carbons (Fsp3) is 0.364. The lowest BCUT2D eigenvalue weighted by atomic mass is 9.98. The van der Waals surface area contributed by atoms with E-state index in [1.165, 1.54) is 19.1 Å². The lowest BCUT2D eigenvalue weighted by Crippen LogP contribution is -2.67. The van der Waals surface area contributed by atoms with E-state index >= 15 is 0 Å². The lowest BCUT2D eigenvalue weighted by Gasteiger charge is -2.42. The minimum Gasteiger partial charge on any atom is -0.479 e. The molecule has 104 valence electrons.